The number of fused-ring (bicyclic) bond motifs is 1. The molecule has 6 nitrogen and oxygen atoms in total. The number of amides is 1. The van der Waals surface area contributed by atoms with Crippen LogP contribution in [-0.2, 0) is 27.6 Å². The van der Waals surface area contributed by atoms with Gasteiger partial charge in [-0.1, -0.05) is 6.08 Å². The van der Waals surface area contributed by atoms with Crippen molar-refractivity contribution in [3.8, 4) is 11.3 Å². The zero-order valence-electron chi connectivity index (χ0n) is 14.3. The highest BCUT2D eigenvalue weighted by atomic mass is 32.2. The first kappa shape index (κ1) is 17.8. The van der Waals surface area contributed by atoms with Gasteiger partial charge in [-0.2, -0.15) is 5.10 Å². The largest absolute Gasteiger partial charge is 0.338 e. The summed E-state index contributed by atoms with van der Waals surface area (Å²) in [5.74, 6) is -1.90. The number of allylic oxidation sites excluding steroid dienone is 1. The molecule has 0 saturated carbocycles. The van der Waals surface area contributed by atoms with E-state index in [0.717, 1.165) is 23.2 Å². The molecular weight excluding hydrogens is 376 g/mol. The van der Waals surface area contributed by atoms with Gasteiger partial charge in [-0.3, -0.25) is 9.89 Å². The number of nitrogens with one attached hydrogen (secondary N) is 1. The highest BCUT2D eigenvalue weighted by molar-refractivity contribution is 7.94. The number of hydrogen-bond acceptors (Lipinski definition) is 4. The standard InChI is InChI=1S/C18H17F2N3O3S/c19-12-1-2-13(15(20)8-12)18-14-9-23(5-3-16(14)21-22-18)17(24)7-11-4-6-27(25,26)10-11/h1-2,4,6,8,11H,3,5,7,9-10H2,(H,21,22). The van der Waals surface area contributed by atoms with E-state index < -0.39 is 21.5 Å². The van der Waals surface area contributed by atoms with E-state index in [2.05, 4.69) is 10.2 Å². The second-order valence-corrected chi connectivity index (χ2v) is 8.77. The Morgan fingerprint density at radius 3 is 2.85 bits per heavy atom. The van der Waals surface area contributed by atoms with E-state index >= 15 is 0 Å². The van der Waals surface area contributed by atoms with Gasteiger partial charge in [-0.15, -0.1) is 0 Å². The Morgan fingerprint density at radius 2 is 2.15 bits per heavy atom. The molecule has 0 spiro atoms. The van der Waals surface area contributed by atoms with Crippen molar-refractivity contribution in [3.63, 3.8) is 0 Å². The molecule has 1 aromatic carbocycles. The van der Waals surface area contributed by atoms with E-state index in [-0.39, 0.29) is 36.1 Å². The minimum absolute atomic E-state index is 0.0461. The Hall–Kier alpha value is -2.55. The van der Waals surface area contributed by atoms with Gasteiger partial charge in [0.05, 0.1) is 5.75 Å². The Morgan fingerprint density at radius 1 is 1.33 bits per heavy atom. The van der Waals surface area contributed by atoms with Crippen molar-refractivity contribution in [2.24, 2.45) is 5.92 Å². The third kappa shape index (κ3) is 3.51. The lowest BCUT2D eigenvalue weighted by Crippen LogP contribution is -2.37. The predicted molar refractivity (Wildman–Crippen MR) is 94.1 cm³/mol. The summed E-state index contributed by atoms with van der Waals surface area (Å²) in [4.78, 5) is 14.2. The van der Waals surface area contributed by atoms with Gasteiger partial charge >= 0.3 is 0 Å². The molecule has 142 valence electrons. The summed E-state index contributed by atoms with van der Waals surface area (Å²) < 4.78 is 50.3. The Labute approximate surface area is 154 Å². The van der Waals surface area contributed by atoms with Crippen molar-refractivity contribution in [2.75, 3.05) is 12.3 Å². The van der Waals surface area contributed by atoms with Crippen molar-refractivity contribution in [1.29, 1.82) is 0 Å². The number of rotatable bonds is 3. The highest BCUT2D eigenvalue weighted by Crippen LogP contribution is 2.31. The van der Waals surface area contributed by atoms with Gasteiger partial charge in [-0.25, -0.2) is 17.2 Å². The Kier molecular flexibility index (Phi) is 4.33. The fourth-order valence-electron chi connectivity index (χ4n) is 3.53. The van der Waals surface area contributed by atoms with E-state index in [0.29, 0.717) is 24.2 Å². The normalized spacial score (nSPS) is 20.7. The van der Waals surface area contributed by atoms with Gasteiger partial charge in [-0.05, 0) is 12.1 Å². The molecule has 0 bridgehead atoms. The Bertz CT molecular complexity index is 1050. The highest BCUT2D eigenvalue weighted by Gasteiger charge is 2.30. The second kappa shape index (κ2) is 6.56. The lowest BCUT2D eigenvalue weighted by molar-refractivity contribution is -0.132. The van der Waals surface area contributed by atoms with Crippen LogP contribution < -0.4 is 0 Å². The molecule has 2 aromatic rings. The molecule has 1 unspecified atom stereocenters. The molecule has 9 heteroatoms. The van der Waals surface area contributed by atoms with Crippen molar-refractivity contribution in [1.82, 2.24) is 15.1 Å². The topological polar surface area (TPSA) is 83.1 Å². The molecule has 4 rings (SSSR count). The first-order valence-corrected chi connectivity index (χ1v) is 10.2. The SMILES string of the molecule is O=C(CC1C=CS(=O)(=O)C1)N1CCc2[nH]nc(-c3ccc(F)cc3F)c2C1. The first-order chi connectivity index (χ1) is 12.8. The summed E-state index contributed by atoms with van der Waals surface area (Å²) in [5, 5.41) is 8.19. The predicted octanol–water partition coefficient (Wildman–Crippen LogP) is 2.19. The summed E-state index contributed by atoms with van der Waals surface area (Å²) >= 11 is 0. The third-order valence-electron chi connectivity index (χ3n) is 4.91. The van der Waals surface area contributed by atoms with E-state index in [4.69, 9.17) is 0 Å². The van der Waals surface area contributed by atoms with Gasteiger partial charge in [0.25, 0.3) is 0 Å². The van der Waals surface area contributed by atoms with Gasteiger partial charge in [0, 0.05) is 60.1 Å². The second-order valence-electron chi connectivity index (χ2n) is 6.84. The minimum Gasteiger partial charge on any atom is -0.338 e. The van der Waals surface area contributed by atoms with E-state index in [9.17, 15) is 22.0 Å². The molecule has 3 heterocycles. The number of nitrogens with zero attached hydrogens (tertiary/aromatic N) is 2. The van der Waals surface area contributed by atoms with Gasteiger partial charge < -0.3 is 4.90 Å². The van der Waals surface area contributed by atoms with Crippen LogP contribution in [0, 0.1) is 17.6 Å². The summed E-state index contributed by atoms with van der Waals surface area (Å²) in [6.45, 7) is 0.725. The molecule has 0 aliphatic carbocycles. The molecule has 1 atom stereocenters. The third-order valence-corrected chi connectivity index (χ3v) is 6.38. The van der Waals surface area contributed by atoms with Crippen LogP contribution in [0.5, 0.6) is 0 Å². The number of aromatic nitrogens is 2. The fraction of sp³-hybridized carbons (Fsp3) is 0.333. The number of H-pyrrole nitrogens is 1. The maximum atomic E-state index is 14.1. The van der Waals surface area contributed by atoms with Crippen LogP contribution in [0.3, 0.4) is 0 Å². The monoisotopic (exact) mass is 393 g/mol. The lowest BCUT2D eigenvalue weighted by Gasteiger charge is -2.28. The molecule has 27 heavy (non-hydrogen) atoms. The van der Waals surface area contributed by atoms with Crippen LogP contribution >= 0.6 is 0 Å². The number of carbonyl (C=O) groups is 1. The molecule has 2 aliphatic rings. The molecule has 0 saturated heterocycles. The average molecular weight is 393 g/mol. The van der Waals surface area contributed by atoms with E-state index in [1.54, 1.807) is 11.0 Å². The number of halogens is 2. The number of benzene rings is 1. The van der Waals surface area contributed by atoms with Gasteiger partial charge in [0.15, 0.2) is 9.84 Å². The zero-order valence-corrected chi connectivity index (χ0v) is 15.1. The number of carbonyl (C=O) groups excluding carboxylic acids is 1. The maximum Gasteiger partial charge on any atom is 0.223 e. The molecule has 1 N–H and O–H groups in total. The molecular formula is C18H17F2N3O3S. The fourth-order valence-corrected chi connectivity index (χ4v) is 4.93. The molecule has 0 radical (unpaired) electrons. The van der Waals surface area contributed by atoms with Gasteiger partial charge in [0.1, 0.15) is 17.3 Å². The molecule has 2 aliphatic heterocycles. The molecule has 0 fully saturated rings. The van der Waals surface area contributed by atoms with Crippen molar-refractivity contribution in [2.45, 2.75) is 19.4 Å². The lowest BCUT2D eigenvalue weighted by atomic mass is 9.99. The average Bonchev–Trinajstić information content (AvgIpc) is 3.17. The van der Waals surface area contributed by atoms with Crippen LogP contribution in [-0.4, -0.2) is 41.7 Å². The van der Waals surface area contributed by atoms with Gasteiger partial charge in [0.2, 0.25) is 5.91 Å². The summed E-state index contributed by atoms with van der Waals surface area (Å²) in [6, 6.07) is 3.29. The first-order valence-electron chi connectivity index (χ1n) is 8.52. The summed E-state index contributed by atoms with van der Waals surface area (Å²) in [5.41, 5.74) is 2.06. The smallest absolute Gasteiger partial charge is 0.223 e. The maximum absolute atomic E-state index is 14.1. The van der Waals surface area contributed by atoms with Crippen LogP contribution in [0.25, 0.3) is 11.3 Å². The van der Waals surface area contributed by atoms with Crippen LogP contribution in [0.15, 0.2) is 29.7 Å². The number of sulfone groups is 1. The van der Waals surface area contributed by atoms with Crippen LogP contribution in [0.2, 0.25) is 0 Å². The van der Waals surface area contributed by atoms with Crippen molar-refractivity contribution in [3.05, 3.63) is 52.6 Å². The van der Waals surface area contributed by atoms with Crippen molar-refractivity contribution >= 4 is 15.7 Å². The number of hydrogen-bond donors (Lipinski definition) is 1. The Balaban J connectivity index is 1.54. The summed E-state index contributed by atoms with van der Waals surface area (Å²) in [7, 11) is -3.20. The van der Waals surface area contributed by atoms with E-state index in [1.807, 2.05) is 0 Å². The minimum atomic E-state index is -3.20. The van der Waals surface area contributed by atoms with Crippen molar-refractivity contribution < 1.29 is 22.0 Å². The quantitative estimate of drug-likeness (QED) is 0.867. The molecule has 1 aromatic heterocycles. The summed E-state index contributed by atoms with van der Waals surface area (Å²) in [6.07, 6.45) is 2.21. The molecule has 1 amide bonds. The van der Waals surface area contributed by atoms with Crippen LogP contribution in [0.4, 0.5) is 8.78 Å². The zero-order chi connectivity index (χ0) is 19.2. The van der Waals surface area contributed by atoms with Crippen LogP contribution in [0.1, 0.15) is 17.7 Å². The van der Waals surface area contributed by atoms with E-state index in [1.165, 1.54) is 6.07 Å². The number of aromatic amines is 1.